The Morgan fingerprint density at radius 2 is 2.00 bits per heavy atom. The van der Waals surface area contributed by atoms with Crippen LogP contribution < -0.4 is 4.72 Å². The van der Waals surface area contributed by atoms with Crippen LogP contribution in [0.5, 0.6) is 0 Å². The summed E-state index contributed by atoms with van der Waals surface area (Å²) in [4.78, 5) is 6.00. The lowest BCUT2D eigenvalue weighted by Crippen LogP contribution is -2.12. The highest BCUT2D eigenvalue weighted by Gasteiger charge is 2.30. The predicted molar refractivity (Wildman–Crippen MR) is 91.6 cm³/mol. The molecule has 3 aromatic rings. The Balaban J connectivity index is 1.64. The van der Waals surface area contributed by atoms with Crippen LogP contribution in [0.4, 0.5) is 5.69 Å². The van der Waals surface area contributed by atoms with Gasteiger partial charge in [0.2, 0.25) is 11.7 Å². The minimum Gasteiger partial charge on any atom is -0.339 e. The summed E-state index contributed by atoms with van der Waals surface area (Å²) in [6, 6.07) is 10.4. The third-order valence-electron chi connectivity index (χ3n) is 3.78. The van der Waals surface area contributed by atoms with Gasteiger partial charge in [-0.05, 0) is 38.0 Å². The molecule has 0 unspecified atom stereocenters. The first-order chi connectivity index (χ1) is 11.5. The maximum Gasteiger partial charge on any atom is 0.263 e. The highest BCUT2D eigenvalue weighted by Crippen LogP contribution is 2.40. The number of aromatic nitrogens is 2. The zero-order valence-electron chi connectivity index (χ0n) is 12.9. The molecule has 1 N–H and O–H groups in total. The summed E-state index contributed by atoms with van der Waals surface area (Å²) in [6.07, 6.45) is 2.15. The van der Waals surface area contributed by atoms with Crippen LogP contribution in [0.2, 0.25) is 0 Å². The highest BCUT2D eigenvalue weighted by molar-refractivity contribution is 7.93. The van der Waals surface area contributed by atoms with Crippen molar-refractivity contribution >= 4 is 27.0 Å². The Hall–Kier alpha value is -2.19. The van der Waals surface area contributed by atoms with Crippen molar-refractivity contribution in [1.29, 1.82) is 0 Å². The monoisotopic (exact) mass is 361 g/mol. The summed E-state index contributed by atoms with van der Waals surface area (Å²) in [5.41, 5.74) is 0.528. The van der Waals surface area contributed by atoms with E-state index in [0.29, 0.717) is 33.1 Å². The molecular formula is C16H15N3O3S2. The fraction of sp³-hybridized carbons (Fsp3) is 0.250. The topological polar surface area (TPSA) is 85.1 Å². The fourth-order valence-electron chi connectivity index (χ4n) is 2.39. The summed E-state index contributed by atoms with van der Waals surface area (Å²) in [6.45, 7) is 1.77. The summed E-state index contributed by atoms with van der Waals surface area (Å²) in [7, 11) is -3.65. The molecule has 8 heteroatoms. The number of nitrogens with zero attached hydrogens (tertiary/aromatic N) is 2. The molecule has 1 saturated carbocycles. The van der Waals surface area contributed by atoms with Crippen LogP contribution in [0.25, 0.3) is 10.7 Å². The number of benzene rings is 1. The van der Waals surface area contributed by atoms with E-state index in [4.69, 9.17) is 4.52 Å². The molecule has 1 aromatic carbocycles. The Kier molecular flexibility index (Phi) is 3.65. The molecule has 0 radical (unpaired) electrons. The molecule has 6 nitrogen and oxygen atoms in total. The second-order valence-corrected chi connectivity index (χ2v) is 8.64. The Labute approximate surface area is 143 Å². The molecule has 1 fully saturated rings. The molecule has 0 bridgehead atoms. The molecule has 0 spiro atoms. The summed E-state index contributed by atoms with van der Waals surface area (Å²) in [5, 5.41) is 3.98. The molecule has 0 atom stereocenters. The number of thiophene rings is 1. The van der Waals surface area contributed by atoms with Crippen LogP contribution in [0.3, 0.4) is 0 Å². The van der Waals surface area contributed by atoms with Gasteiger partial charge in [-0.1, -0.05) is 23.4 Å². The lowest BCUT2D eigenvalue weighted by atomic mass is 10.3. The first-order valence-corrected chi connectivity index (χ1v) is 9.85. The van der Waals surface area contributed by atoms with Crippen LogP contribution in [0, 0.1) is 6.92 Å². The number of anilines is 1. The van der Waals surface area contributed by atoms with Crippen LogP contribution in [-0.4, -0.2) is 18.6 Å². The summed E-state index contributed by atoms with van der Waals surface area (Å²) >= 11 is 1.35. The van der Waals surface area contributed by atoms with Gasteiger partial charge in [-0.3, -0.25) is 4.72 Å². The van der Waals surface area contributed by atoms with Crippen molar-refractivity contribution in [2.24, 2.45) is 0 Å². The predicted octanol–water partition coefficient (Wildman–Crippen LogP) is 3.78. The van der Waals surface area contributed by atoms with Gasteiger partial charge in [-0.15, -0.1) is 11.3 Å². The Bertz CT molecular complexity index is 973. The second-order valence-electron chi connectivity index (χ2n) is 5.73. The first-order valence-electron chi connectivity index (χ1n) is 7.55. The van der Waals surface area contributed by atoms with E-state index in [-0.39, 0.29) is 4.90 Å². The molecule has 1 aliphatic carbocycles. The van der Waals surface area contributed by atoms with Crippen molar-refractivity contribution in [3.05, 3.63) is 47.2 Å². The number of hydrogen-bond acceptors (Lipinski definition) is 6. The van der Waals surface area contributed by atoms with E-state index in [2.05, 4.69) is 14.9 Å². The van der Waals surface area contributed by atoms with Crippen LogP contribution in [-0.2, 0) is 10.0 Å². The molecule has 2 aromatic heterocycles. The normalized spacial score (nSPS) is 14.7. The molecule has 24 heavy (non-hydrogen) atoms. The van der Waals surface area contributed by atoms with E-state index >= 15 is 0 Å². The summed E-state index contributed by atoms with van der Waals surface area (Å²) < 4.78 is 33.1. The van der Waals surface area contributed by atoms with E-state index in [1.165, 1.54) is 11.3 Å². The van der Waals surface area contributed by atoms with Crippen LogP contribution in [0.15, 0.2) is 45.8 Å². The third-order valence-corrected chi connectivity index (χ3v) is 6.46. The SMILES string of the molecule is Cc1sc(-c2noc(C3CC3)n2)cc1S(=O)(=O)Nc1ccccc1. The zero-order valence-corrected chi connectivity index (χ0v) is 14.5. The van der Waals surface area contributed by atoms with Crippen molar-refractivity contribution in [1.82, 2.24) is 10.1 Å². The molecule has 0 aliphatic heterocycles. The number of aryl methyl sites for hydroxylation is 1. The Morgan fingerprint density at radius 3 is 2.71 bits per heavy atom. The van der Waals surface area contributed by atoms with Crippen molar-refractivity contribution in [2.45, 2.75) is 30.6 Å². The maximum absolute atomic E-state index is 12.6. The van der Waals surface area contributed by atoms with Crippen LogP contribution in [0.1, 0.15) is 29.5 Å². The van der Waals surface area contributed by atoms with E-state index in [1.54, 1.807) is 37.3 Å². The molecule has 124 valence electrons. The number of rotatable bonds is 5. The van der Waals surface area contributed by atoms with Gasteiger partial charge in [0.15, 0.2) is 0 Å². The number of hydrogen-bond donors (Lipinski definition) is 1. The molecule has 4 rings (SSSR count). The molecule has 0 saturated heterocycles. The molecular weight excluding hydrogens is 346 g/mol. The highest BCUT2D eigenvalue weighted by atomic mass is 32.2. The maximum atomic E-state index is 12.6. The third kappa shape index (κ3) is 2.94. The van der Waals surface area contributed by atoms with Crippen molar-refractivity contribution < 1.29 is 12.9 Å². The average Bonchev–Trinajstić information content (AvgIpc) is 3.14. The first kappa shape index (κ1) is 15.3. The van der Waals surface area contributed by atoms with Gasteiger partial charge in [0.25, 0.3) is 10.0 Å². The minimum absolute atomic E-state index is 0.240. The standard InChI is InChI=1S/C16H15N3O3S2/c1-10-14(24(20,21)19-12-5-3-2-4-6-12)9-13(23-10)15-17-16(22-18-15)11-7-8-11/h2-6,9,11,19H,7-8H2,1H3. The van der Waals surface area contributed by atoms with Crippen molar-refractivity contribution in [2.75, 3.05) is 4.72 Å². The molecule has 2 heterocycles. The number of nitrogens with one attached hydrogen (secondary N) is 1. The van der Waals surface area contributed by atoms with E-state index < -0.39 is 10.0 Å². The van der Waals surface area contributed by atoms with Gasteiger partial charge in [-0.2, -0.15) is 4.98 Å². The summed E-state index contributed by atoms with van der Waals surface area (Å²) in [5.74, 6) is 1.46. The smallest absolute Gasteiger partial charge is 0.263 e. The van der Waals surface area contributed by atoms with Gasteiger partial charge in [0.05, 0.1) is 4.88 Å². The largest absolute Gasteiger partial charge is 0.339 e. The minimum atomic E-state index is -3.65. The van der Waals surface area contributed by atoms with Gasteiger partial charge in [0, 0.05) is 16.5 Å². The average molecular weight is 361 g/mol. The van der Waals surface area contributed by atoms with E-state index in [9.17, 15) is 8.42 Å². The number of para-hydroxylation sites is 1. The van der Waals surface area contributed by atoms with Gasteiger partial charge < -0.3 is 4.52 Å². The quantitative estimate of drug-likeness (QED) is 0.747. The lowest BCUT2D eigenvalue weighted by Gasteiger charge is -2.06. The van der Waals surface area contributed by atoms with Gasteiger partial charge in [0.1, 0.15) is 4.90 Å². The van der Waals surface area contributed by atoms with Crippen molar-refractivity contribution in [3.63, 3.8) is 0 Å². The lowest BCUT2D eigenvalue weighted by molar-refractivity contribution is 0.380. The second kappa shape index (κ2) is 5.71. The fourth-order valence-corrected chi connectivity index (χ4v) is 4.97. The van der Waals surface area contributed by atoms with Gasteiger partial charge >= 0.3 is 0 Å². The number of sulfonamides is 1. The zero-order chi connectivity index (χ0) is 16.7. The Morgan fingerprint density at radius 1 is 1.25 bits per heavy atom. The van der Waals surface area contributed by atoms with E-state index in [0.717, 1.165) is 12.8 Å². The van der Waals surface area contributed by atoms with E-state index in [1.807, 2.05) is 6.07 Å². The molecule has 1 aliphatic rings. The van der Waals surface area contributed by atoms with Crippen molar-refractivity contribution in [3.8, 4) is 10.7 Å². The van der Waals surface area contributed by atoms with Gasteiger partial charge in [-0.25, -0.2) is 8.42 Å². The molecule has 0 amide bonds. The van der Waals surface area contributed by atoms with Crippen LogP contribution >= 0.6 is 11.3 Å².